The SMILES string of the molecule is C1=NCCO1.C1=NCCO1.C1=NCCO1.CC. The van der Waals surface area contributed by atoms with E-state index in [0.29, 0.717) is 0 Å². The van der Waals surface area contributed by atoms with Crippen LogP contribution < -0.4 is 0 Å². The Morgan fingerprint density at radius 1 is 0.647 bits per heavy atom. The van der Waals surface area contributed by atoms with E-state index in [-0.39, 0.29) is 0 Å². The predicted octanol–water partition coefficient (Wildman–Crippen LogP) is 1.16. The van der Waals surface area contributed by atoms with Crippen molar-refractivity contribution in [1.29, 1.82) is 0 Å². The van der Waals surface area contributed by atoms with Crippen LogP contribution in [0.1, 0.15) is 13.8 Å². The highest BCUT2D eigenvalue weighted by Crippen LogP contribution is 1.79. The van der Waals surface area contributed by atoms with Gasteiger partial charge in [0.2, 0.25) is 0 Å². The molecular formula is C11H21N3O3. The monoisotopic (exact) mass is 243 g/mol. The molecule has 0 fully saturated rings. The molecule has 0 aromatic heterocycles. The Hall–Kier alpha value is -1.59. The van der Waals surface area contributed by atoms with Gasteiger partial charge in [-0.05, 0) is 0 Å². The molecule has 0 amide bonds. The van der Waals surface area contributed by atoms with Crippen molar-refractivity contribution in [1.82, 2.24) is 0 Å². The summed E-state index contributed by atoms with van der Waals surface area (Å²) in [5.74, 6) is 0. The van der Waals surface area contributed by atoms with Gasteiger partial charge in [0.05, 0.1) is 19.6 Å². The Labute approximate surface area is 102 Å². The quantitative estimate of drug-likeness (QED) is 0.641. The number of hydrogen-bond donors (Lipinski definition) is 0. The van der Waals surface area contributed by atoms with Crippen LogP contribution in [0.3, 0.4) is 0 Å². The van der Waals surface area contributed by atoms with Crippen molar-refractivity contribution >= 4 is 19.2 Å². The highest BCUT2D eigenvalue weighted by Gasteiger charge is 1.85. The van der Waals surface area contributed by atoms with Crippen molar-refractivity contribution in [3.63, 3.8) is 0 Å². The molecule has 0 saturated heterocycles. The van der Waals surface area contributed by atoms with Crippen LogP contribution in [0.4, 0.5) is 0 Å². The first-order valence-electron chi connectivity index (χ1n) is 5.80. The molecule has 0 N–H and O–H groups in total. The zero-order valence-corrected chi connectivity index (χ0v) is 10.5. The predicted molar refractivity (Wildman–Crippen MR) is 69.3 cm³/mol. The summed E-state index contributed by atoms with van der Waals surface area (Å²) in [4.78, 5) is 11.2. The lowest BCUT2D eigenvalue weighted by Crippen LogP contribution is -1.80. The second-order valence-electron chi connectivity index (χ2n) is 2.65. The lowest BCUT2D eigenvalue weighted by atomic mass is 10.8. The Morgan fingerprint density at radius 3 is 1.00 bits per heavy atom. The van der Waals surface area contributed by atoms with Gasteiger partial charge in [0.15, 0.2) is 19.2 Å². The minimum atomic E-state index is 0.778. The highest BCUT2D eigenvalue weighted by molar-refractivity contribution is 5.48. The minimum Gasteiger partial charge on any atom is -0.482 e. The maximum absolute atomic E-state index is 4.65. The molecule has 3 aliphatic rings. The molecular weight excluding hydrogens is 222 g/mol. The fraction of sp³-hybridized carbons (Fsp3) is 0.727. The van der Waals surface area contributed by atoms with E-state index in [9.17, 15) is 0 Å². The first-order valence-corrected chi connectivity index (χ1v) is 5.80. The number of aliphatic imine (C=N–C) groups is 3. The van der Waals surface area contributed by atoms with E-state index < -0.39 is 0 Å². The van der Waals surface area contributed by atoms with Crippen LogP contribution in [0.2, 0.25) is 0 Å². The lowest BCUT2D eigenvalue weighted by molar-refractivity contribution is 0.361. The van der Waals surface area contributed by atoms with Crippen LogP contribution in [0, 0.1) is 0 Å². The van der Waals surface area contributed by atoms with Gasteiger partial charge in [0.25, 0.3) is 0 Å². The molecule has 3 aliphatic heterocycles. The van der Waals surface area contributed by atoms with Gasteiger partial charge in [0.1, 0.15) is 19.8 Å². The molecule has 6 heteroatoms. The topological polar surface area (TPSA) is 64.8 Å². The fourth-order valence-corrected chi connectivity index (χ4v) is 0.791. The van der Waals surface area contributed by atoms with Crippen LogP contribution in [0.15, 0.2) is 15.0 Å². The lowest BCUT2D eigenvalue weighted by Gasteiger charge is -1.76. The van der Waals surface area contributed by atoms with E-state index in [1.54, 1.807) is 0 Å². The first kappa shape index (κ1) is 15.4. The second kappa shape index (κ2) is 14.4. The third kappa shape index (κ3) is 12.3. The van der Waals surface area contributed by atoms with Crippen LogP contribution in [-0.2, 0) is 14.2 Å². The van der Waals surface area contributed by atoms with Crippen LogP contribution in [0.25, 0.3) is 0 Å². The van der Waals surface area contributed by atoms with Gasteiger partial charge >= 0.3 is 0 Å². The van der Waals surface area contributed by atoms with E-state index in [2.05, 4.69) is 29.2 Å². The maximum atomic E-state index is 4.65. The van der Waals surface area contributed by atoms with E-state index in [1.807, 2.05) is 13.8 Å². The fourth-order valence-electron chi connectivity index (χ4n) is 0.791. The van der Waals surface area contributed by atoms with Gasteiger partial charge in [-0.2, -0.15) is 0 Å². The van der Waals surface area contributed by atoms with Gasteiger partial charge in [-0.25, -0.2) is 0 Å². The Morgan fingerprint density at radius 2 is 0.941 bits per heavy atom. The normalized spacial score (nSPS) is 17.3. The molecule has 3 rings (SSSR count). The number of hydrogen-bond acceptors (Lipinski definition) is 6. The van der Waals surface area contributed by atoms with Gasteiger partial charge < -0.3 is 14.2 Å². The molecule has 3 heterocycles. The summed E-state index contributed by atoms with van der Waals surface area (Å²) in [7, 11) is 0. The molecule has 0 aromatic carbocycles. The molecule has 6 nitrogen and oxygen atoms in total. The zero-order valence-electron chi connectivity index (χ0n) is 10.5. The average Bonchev–Trinajstić information content (AvgIpc) is 3.16. The van der Waals surface area contributed by atoms with E-state index in [0.717, 1.165) is 39.5 Å². The second-order valence-corrected chi connectivity index (χ2v) is 2.65. The van der Waals surface area contributed by atoms with Crippen molar-refractivity contribution in [2.75, 3.05) is 39.5 Å². The minimum absolute atomic E-state index is 0.778. The number of nitrogens with zero attached hydrogens (tertiary/aromatic N) is 3. The number of ether oxygens (including phenoxy) is 3. The van der Waals surface area contributed by atoms with Crippen LogP contribution >= 0.6 is 0 Å². The Balaban J connectivity index is 0.000000211. The Bertz CT molecular complexity index is 174. The summed E-state index contributed by atoms with van der Waals surface area (Å²) in [6, 6.07) is 0. The maximum Gasteiger partial charge on any atom is 0.169 e. The van der Waals surface area contributed by atoms with Gasteiger partial charge in [0, 0.05) is 0 Å². The summed E-state index contributed by atoms with van der Waals surface area (Å²) < 4.78 is 14.0. The van der Waals surface area contributed by atoms with E-state index >= 15 is 0 Å². The van der Waals surface area contributed by atoms with Gasteiger partial charge in [-0.3, -0.25) is 15.0 Å². The summed E-state index contributed by atoms with van der Waals surface area (Å²) in [5.41, 5.74) is 0. The molecule has 0 bridgehead atoms. The zero-order chi connectivity index (χ0) is 12.6. The van der Waals surface area contributed by atoms with Crippen LogP contribution in [0.5, 0.6) is 0 Å². The molecule has 0 atom stereocenters. The summed E-state index contributed by atoms with van der Waals surface area (Å²) in [6.45, 7) is 8.88. The van der Waals surface area contributed by atoms with Crippen molar-refractivity contribution in [2.24, 2.45) is 15.0 Å². The van der Waals surface area contributed by atoms with Crippen molar-refractivity contribution in [3.05, 3.63) is 0 Å². The summed E-state index contributed by atoms with van der Waals surface area (Å²) >= 11 is 0. The van der Waals surface area contributed by atoms with Crippen molar-refractivity contribution < 1.29 is 14.2 Å². The molecule has 0 spiro atoms. The molecule has 0 aromatic rings. The number of rotatable bonds is 0. The molecule has 17 heavy (non-hydrogen) atoms. The summed E-state index contributed by atoms with van der Waals surface area (Å²) in [5, 5.41) is 0. The van der Waals surface area contributed by atoms with Crippen molar-refractivity contribution in [2.45, 2.75) is 13.8 Å². The average molecular weight is 243 g/mol. The van der Waals surface area contributed by atoms with E-state index in [1.165, 1.54) is 19.2 Å². The standard InChI is InChI=1S/3C3H5NO.C2H6/c3*1-2-5-3-4-1;1-2/h3*3H,1-2H2;1-2H3. The molecule has 0 unspecified atom stereocenters. The molecule has 0 radical (unpaired) electrons. The van der Waals surface area contributed by atoms with Crippen molar-refractivity contribution in [3.8, 4) is 0 Å². The molecule has 0 saturated carbocycles. The van der Waals surface area contributed by atoms with E-state index in [4.69, 9.17) is 0 Å². The van der Waals surface area contributed by atoms with Gasteiger partial charge in [-0.1, -0.05) is 13.8 Å². The van der Waals surface area contributed by atoms with Gasteiger partial charge in [-0.15, -0.1) is 0 Å². The smallest absolute Gasteiger partial charge is 0.169 e. The summed E-state index contributed by atoms with van der Waals surface area (Å²) in [6.07, 6.45) is 4.46. The largest absolute Gasteiger partial charge is 0.482 e. The third-order valence-electron chi connectivity index (χ3n) is 1.46. The molecule has 0 aliphatic carbocycles. The highest BCUT2D eigenvalue weighted by atomic mass is 16.5. The van der Waals surface area contributed by atoms with Crippen LogP contribution in [-0.4, -0.2) is 58.7 Å². The molecule has 98 valence electrons. The third-order valence-corrected chi connectivity index (χ3v) is 1.46. The Kier molecular flexibility index (Phi) is 13.1. The first-order chi connectivity index (χ1) is 8.50.